The summed E-state index contributed by atoms with van der Waals surface area (Å²) in [4.78, 5) is 25.3. The number of amides is 1. The zero-order valence-corrected chi connectivity index (χ0v) is 15.7. The number of ether oxygens (including phenoxy) is 1. The van der Waals surface area contributed by atoms with Gasteiger partial charge in [-0.1, -0.05) is 19.1 Å². The molecule has 1 amide bonds. The summed E-state index contributed by atoms with van der Waals surface area (Å²) in [5.41, 5.74) is 0.667. The standard InChI is InChI=1S/C17H24N2O6S/c1-3-18-26(23,24)15-6-4-12(5-7-15)8-16(20)19-11-14(25-2)9-13(19)10-17(21)22/h4-7,13-14,18H,3,8-11H2,1-2H3,(H,21,22). The molecule has 2 rings (SSSR count). The van der Waals surface area contributed by atoms with Crippen LogP contribution in [0.15, 0.2) is 29.2 Å². The van der Waals surface area contributed by atoms with E-state index in [1.54, 1.807) is 31.1 Å². The number of rotatable bonds is 8. The maximum Gasteiger partial charge on any atom is 0.305 e. The third-order valence-electron chi connectivity index (χ3n) is 4.36. The van der Waals surface area contributed by atoms with Crippen molar-refractivity contribution in [2.45, 2.75) is 43.2 Å². The molecule has 1 aliphatic heterocycles. The number of carboxylic acid groups (broad SMARTS) is 1. The van der Waals surface area contributed by atoms with E-state index in [1.165, 1.54) is 12.1 Å². The van der Waals surface area contributed by atoms with Crippen LogP contribution in [0.4, 0.5) is 0 Å². The number of methoxy groups -OCH3 is 1. The SMILES string of the molecule is CCNS(=O)(=O)c1ccc(CC(=O)N2CC(OC)CC2CC(=O)O)cc1. The average Bonchev–Trinajstić information content (AvgIpc) is 2.97. The van der Waals surface area contributed by atoms with Gasteiger partial charge in [0.15, 0.2) is 0 Å². The topological polar surface area (TPSA) is 113 Å². The van der Waals surface area contributed by atoms with Gasteiger partial charge in [0.25, 0.3) is 0 Å². The van der Waals surface area contributed by atoms with Gasteiger partial charge in [0.1, 0.15) is 0 Å². The molecule has 1 aliphatic rings. The van der Waals surface area contributed by atoms with Gasteiger partial charge in [0.05, 0.1) is 23.8 Å². The van der Waals surface area contributed by atoms with Crippen LogP contribution in [0.1, 0.15) is 25.3 Å². The van der Waals surface area contributed by atoms with Crippen LogP contribution in [-0.2, 0) is 30.8 Å². The molecule has 0 aliphatic carbocycles. The smallest absolute Gasteiger partial charge is 0.305 e. The highest BCUT2D eigenvalue weighted by molar-refractivity contribution is 7.89. The minimum absolute atomic E-state index is 0.0775. The Balaban J connectivity index is 2.07. The van der Waals surface area contributed by atoms with Gasteiger partial charge in [-0.15, -0.1) is 0 Å². The zero-order valence-electron chi connectivity index (χ0n) is 14.8. The summed E-state index contributed by atoms with van der Waals surface area (Å²) in [6.07, 6.45) is 0.282. The number of hydrogen-bond acceptors (Lipinski definition) is 5. The molecule has 2 unspecified atom stereocenters. The van der Waals surface area contributed by atoms with Crippen LogP contribution in [0, 0.1) is 0 Å². The highest BCUT2D eigenvalue weighted by Crippen LogP contribution is 2.24. The normalized spacial score (nSPS) is 20.3. The van der Waals surface area contributed by atoms with Crippen LogP contribution in [0.2, 0.25) is 0 Å². The van der Waals surface area contributed by atoms with Gasteiger partial charge < -0.3 is 14.7 Å². The lowest BCUT2D eigenvalue weighted by atomic mass is 10.1. The first-order valence-electron chi connectivity index (χ1n) is 8.39. The minimum Gasteiger partial charge on any atom is -0.481 e. The minimum atomic E-state index is -3.53. The maximum atomic E-state index is 12.6. The number of carbonyl (C=O) groups excluding carboxylic acids is 1. The fourth-order valence-corrected chi connectivity index (χ4v) is 4.12. The van der Waals surface area contributed by atoms with Gasteiger partial charge >= 0.3 is 5.97 Å². The maximum absolute atomic E-state index is 12.6. The molecule has 1 heterocycles. The Labute approximate surface area is 153 Å². The van der Waals surface area contributed by atoms with Gasteiger partial charge in [0.2, 0.25) is 15.9 Å². The monoisotopic (exact) mass is 384 g/mol. The number of likely N-dealkylation sites (tertiary alicyclic amines) is 1. The van der Waals surface area contributed by atoms with Gasteiger partial charge in [-0.3, -0.25) is 9.59 Å². The molecule has 1 aromatic rings. The summed E-state index contributed by atoms with van der Waals surface area (Å²) in [6, 6.07) is 5.71. The molecule has 0 bridgehead atoms. The summed E-state index contributed by atoms with van der Waals surface area (Å²) >= 11 is 0. The van der Waals surface area contributed by atoms with Gasteiger partial charge in [-0.25, -0.2) is 13.1 Å². The molecule has 0 aromatic heterocycles. The lowest BCUT2D eigenvalue weighted by Gasteiger charge is -2.23. The van der Waals surface area contributed by atoms with Gasteiger partial charge in [-0.2, -0.15) is 0 Å². The number of nitrogens with one attached hydrogen (secondary N) is 1. The van der Waals surface area contributed by atoms with E-state index in [0.29, 0.717) is 25.1 Å². The van der Waals surface area contributed by atoms with Crippen molar-refractivity contribution in [3.63, 3.8) is 0 Å². The highest BCUT2D eigenvalue weighted by atomic mass is 32.2. The molecular weight excluding hydrogens is 360 g/mol. The number of nitrogens with zero attached hydrogens (tertiary/aromatic N) is 1. The van der Waals surface area contributed by atoms with Crippen molar-refractivity contribution in [3.05, 3.63) is 29.8 Å². The number of benzene rings is 1. The predicted octanol–water partition coefficient (Wildman–Crippen LogP) is 0.618. The molecule has 1 saturated heterocycles. The Morgan fingerprint density at radius 3 is 2.50 bits per heavy atom. The van der Waals surface area contributed by atoms with Crippen LogP contribution in [0.3, 0.4) is 0 Å². The molecule has 8 nitrogen and oxygen atoms in total. The van der Waals surface area contributed by atoms with Crippen molar-refractivity contribution in [3.8, 4) is 0 Å². The molecule has 144 valence electrons. The molecule has 0 radical (unpaired) electrons. The van der Waals surface area contributed by atoms with Crippen LogP contribution in [-0.4, -0.2) is 62.6 Å². The molecule has 1 aromatic carbocycles. The second-order valence-electron chi connectivity index (χ2n) is 6.21. The van der Waals surface area contributed by atoms with E-state index in [2.05, 4.69) is 4.72 Å². The first-order chi connectivity index (χ1) is 12.3. The van der Waals surface area contributed by atoms with Gasteiger partial charge in [0, 0.05) is 26.2 Å². The Morgan fingerprint density at radius 1 is 1.31 bits per heavy atom. The molecule has 1 fully saturated rings. The molecule has 0 saturated carbocycles. The molecule has 0 spiro atoms. The number of sulfonamides is 1. The largest absolute Gasteiger partial charge is 0.481 e. The molecule has 2 N–H and O–H groups in total. The average molecular weight is 384 g/mol. The number of hydrogen-bond donors (Lipinski definition) is 2. The fraction of sp³-hybridized carbons (Fsp3) is 0.529. The second-order valence-corrected chi connectivity index (χ2v) is 7.98. The van der Waals surface area contributed by atoms with E-state index in [1.807, 2.05) is 0 Å². The molecule has 9 heteroatoms. The predicted molar refractivity (Wildman–Crippen MR) is 94.2 cm³/mol. The molecular formula is C17H24N2O6S. The number of aliphatic carboxylic acids is 1. The first-order valence-corrected chi connectivity index (χ1v) is 9.87. The van der Waals surface area contributed by atoms with Crippen molar-refractivity contribution in [1.29, 1.82) is 0 Å². The lowest BCUT2D eigenvalue weighted by Crippen LogP contribution is -2.38. The quantitative estimate of drug-likeness (QED) is 0.679. The number of carboxylic acids is 1. The summed E-state index contributed by atoms with van der Waals surface area (Å²) in [6.45, 7) is 2.35. The van der Waals surface area contributed by atoms with Crippen molar-refractivity contribution in [2.75, 3.05) is 20.2 Å². The fourth-order valence-electron chi connectivity index (χ4n) is 3.08. The summed E-state index contributed by atoms with van der Waals surface area (Å²) in [5, 5.41) is 9.03. The lowest BCUT2D eigenvalue weighted by molar-refractivity contribution is -0.139. The van der Waals surface area contributed by atoms with E-state index in [0.717, 1.165) is 0 Å². The van der Waals surface area contributed by atoms with Crippen LogP contribution in [0.5, 0.6) is 0 Å². The Hall–Kier alpha value is -1.97. The number of carbonyl (C=O) groups is 2. The van der Waals surface area contributed by atoms with Crippen molar-refractivity contribution in [1.82, 2.24) is 9.62 Å². The first kappa shape index (κ1) is 20.3. The van der Waals surface area contributed by atoms with E-state index >= 15 is 0 Å². The third kappa shape index (κ3) is 5.03. The van der Waals surface area contributed by atoms with Crippen molar-refractivity contribution < 1.29 is 27.9 Å². The molecule has 26 heavy (non-hydrogen) atoms. The Morgan fingerprint density at radius 2 is 1.96 bits per heavy atom. The van der Waals surface area contributed by atoms with Crippen molar-refractivity contribution in [2.24, 2.45) is 0 Å². The van der Waals surface area contributed by atoms with Crippen molar-refractivity contribution >= 4 is 21.9 Å². The van der Waals surface area contributed by atoms with Crippen LogP contribution >= 0.6 is 0 Å². The molecule has 2 atom stereocenters. The van der Waals surface area contributed by atoms with E-state index < -0.39 is 22.0 Å². The van der Waals surface area contributed by atoms with Crippen LogP contribution < -0.4 is 4.72 Å². The summed E-state index contributed by atoms with van der Waals surface area (Å²) in [5.74, 6) is -1.15. The third-order valence-corrected chi connectivity index (χ3v) is 5.92. The summed E-state index contributed by atoms with van der Waals surface area (Å²) in [7, 11) is -1.99. The Kier molecular flexibility index (Phi) is 6.74. The zero-order chi connectivity index (χ0) is 19.3. The van der Waals surface area contributed by atoms with Gasteiger partial charge in [-0.05, 0) is 24.1 Å². The van der Waals surface area contributed by atoms with E-state index in [-0.39, 0.29) is 29.7 Å². The van der Waals surface area contributed by atoms with E-state index in [4.69, 9.17) is 9.84 Å². The Bertz CT molecular complexity index is 747. The summed E-state index contributed by atoms with van der Waals surface area (Å²) < 4.78 is 31.5. The van der Waals surface area contributed by atoms with E-state index in [9.17, 15) is 18.0 Å². The van der Waals surface area contributed by atoms with Crippen LogP contribution in [0.25, 0.3) is 0 Å². The highest BCUT2D eigenvalue weighted by Gasteiger charge is 2.36. The second kappa shape index (κ2) is 8.61.